The van der Waals surface area contributed by atoms with E-state index in [9.17, 15) is 4.79 Å². The monoisotopic (exact) mass is 291 g/mol. The van der Waals surface area contributed by atoms with Crippen LogP contribution in [0.1, 0.15) is 46.0 Å². The minimum absolute atomic E-state index is 0.0183. The van der Waals surface area contributed by atoms with Crippen molar-refractivity contribution in [3.63, 3.8) is 0 Å². The lowest BCUT2D eigenvalue weighted by Crippen LogP contribution is -2.36. The second-order valence-electron chi connectivity index (χ2n) is 6.48. The van der Waals surface area contributed by atoms with E-state index in [1.54, 1.807) is 0 Å². The summed E-state index contributed by atoms with van der Waals surface area (Å²) in [6.45, 7) is 8.59. The molecule has 118 valence electrons. The van der Waals surface area contributed by atoms with Crippen molar-refractivity contribution >= 4 is 11.6 Å². The standard InChI is InChI=1S/C17H29N3O/c1-14(2)15-8-6-9-16(19-15)17(21)18-10-7-13-20-11-4-3-5-12-20/h6,9,14-15H,3-5,7-8,10-13H2,1-2H3,(H,18,21). The molecule has 4 nitrogen and oxygen atoms in total. The number of carbonyl (C=O) groups is 1. The van der Waals surface area contributed by atoms with Crippen LogP contribution in [-0.4, -0.2) is 48.7 Å². The molecule has 1 saturated heterocycles. The van der Waals surface area contributed by atoms with Crippen LogP contribution in [0, 0.1) is 5.92 Å². The molecule has 1 fully saturated rings. The molecule has 0 aromatic heterocycles. The smallest absolute Gasteiger partial charge is 0.269 e. The summed E-state index contributed by atoms with van der Waals surface area (Å²) in [4.78, 5) is 19.2. The largest absolute Gasteiger partial charge is 0.351 e. The van der Waals surface area contributed by atoms with E-state index in [4.69, 9.17) is 0 Å². The molecule has 1 atom stereocenters. The van der Waals surface area contributed by atoms with Crippen LogP contribution in [0.5, 0.6) is 0 Å². The summed E-state index contributed by atoms with van der Waals surface area (Å²) in [6, 6.07) is 0.254. The fourth-order valence-electron chi connectivity index (χ4n) is 2.93. The van der Waals surface area contributed by atoms with Gasteiger partial charge in [-0.2, -0.15) is 0 Å². The molecule has 1 amide bonds. The molecular formula is C17H29N3O. The Balaban J connectivity index is 1.68. The molecule has 0 aromatic rings. The van der Waals surface area contributed by atoms with Gasteiger partial charge in [-0.1, -0.05) is 26.3 Å². The maximum atomic E-state index is 12.1. The highest BCUT2D eigenvalue weighted by Crippen LogP contribution is 2.15. The van der Waals surface area contributed by atoms with Gasteiger partial charge in [0, 0.05) is 6.54 Å². The van der Waals surface area contributed by atoms with Gasteiger partial charge in [0.1, 0.15) is 5.71 Å². The Kier molecular flexibility index (Phi) is 6.43. The van der Waals surface area contributed by atoms with Crippen LogP contribution in [0.4, 0.5) is 0 Å². The van der Waals surface area contributed by atoms with Gasteiger partial charge in [-0.15, -0.1) is 0 Å². The first-order valence-electron chi connectivity index (χ1n) is 8.41. The molecule has 0 aliphatic carbocycles. The average molecular weight is 291 g/mol. The second kappa shape index (κ2) is 8.32. The van der Waals surface area contributed by atoms with Crippen LogP contribution in [-0.2, 0) is 4.79 Å². The Morgan fingerprint density at radius 2 is 2.14 bits per heavy atom. The van der Waals surface area contributed by atoms with Crippen molar-refractivity contribution in [2.45, 2.75) is 52.0 Å². The molecule has 0 bridgehead atoms. The van der Waals surface area contributed by atoms with Crippen molar-refractivity contribution in [1.29, 1.82) is 0 Å². The van der Waals surface area contributed by atoms with Gasteiger partial charge >= 0.3 is 0 Å². The maximum Gasteiger partial charge on any atom is 0.269 e. The molecule has 2 aliphatic rings. The summed E-state index contributed by atoms with van der Waals surface area (Å²) in [5.41, 5.74) is 0.595. The Labute approximate surface area is 128 Å². The number of hydrogen-bond acceptors (Lipinski definition) is 3. The molecule has 1 unspecified atom stereocenters. The summed E-state index contributed by atoms with van der Waals surface area (Å²) in [6.07, 6.45) is 9.92. The van der Waals surface area contributed by atoms with E-state index < -0.39 is 0 Å². The predicted octanol–water partition coefficient (Wildman–Crippen LogP) is 2.40. The van der Waals surface area contributed by atoms with Gasteiger partial charge in [-0.3, -0.25) is 9.79 Å². The zero-order valence-corrected chi connectivity index (χ0v) is 13.5. The average Bonchev–Trinajstić information content (AvgIpc) is 2.52. The lowest BCUT2D eigenvalue weighted by atomic mass is 9.98. The Morgan fingerprint density at radius 3 is 2.86 bits per heavy atom. The van der Waals surface area contributed by atoms with E-state index in [0.717, 1.165) is 25.9 Å². The first-order valence-corrected chi connectivity index (χ1v) is 8.41. The zero-order chi connectivity index (χ0) is 15.1. The first-order chi connectivity index (χ1) is 10.2. The number of carbonyl (C=O) groups excluding carboxylic acids is 1. The fraction of sp³-hybridized carbons (Fsp3) is 0.765. The van der Waals surface area contributed by atoms with Crippen molar-refractivity contribution < 1.29 is 4.79 Å². The van der Waals surface area contributed by atoms with E-state index in [-0.39, 0.29) is 11.9 Å². The number of dihydropyridines is 1. The van der Waals surface area contributed by atoms with Crippen LogP contribution < -0.4 is 5.32 Å². The third kappa shape index (κ3) is 5.27. The molecule has 21 heavy (non-hydrogen) atoms. The van der Waals surface area contributed by atoms with Gasteiger partial charge in [0.15, 0.2) is 0 Å². The third-order valence-corrected chi connectivity index (χ3v) is 4.35. The van der Waals surface area contributed by atoms with E-state index in [1.165, 1.54) is 32.4 Å². The Bertz CT molecular complexity index is 395. The van der Waals surface area contributed by atoms with Crippen molar-refractivity contribution in [1.82, 2.24) is 10.2 Å². The van der Waals surface area contributed by atoms with Gasteiger partial charge in [0.2, 0.25) is 0 Å². The van der Waals surface area contributed by atoms with Crippen molar-refractivity contribution in [2.75, 3.05) is 26.2 Å². The number of aliphatic imine (C=N–C) groups is 1. The van der Waals surface area contributed by atoms with E-state index in [0.29, 0.717) is 11.6 Å². The van der Waals surface area contributed by atoms with Crippen LogP contribution in [0.15, 0.2) is 17.1 Å². The van der Waals surface area contributed by atoms with Crippen molar-refractivity contribution in [3.05, 3.63) is 12.2 Å². The topological polar surface area (TPSA) is 44.7 Å². The van der Waals surface area contributed by atoms with Gasteiger partial charge in [-0.25, -0.2) is 0 Å². The van der Waals surface area contributed by atoms with Crippen LogP contribution >= 0.6 is 0 Å². The number of piperidine rings is 1. The van der Waals surface area contributed by atoms with Crippen molar-refractivity contribution in [2.24, 2.45) is 10.9 Å². The van der Waals surface area contributed by atoms with Gasteiger partial charge < -0.3 is 10.2 Å². The lowest BCUT2D eigenvalue weighted by molar-refractivity contribution is -0.114. The second-order valence-corrected chi connectivity index (χ2v) is 6.48. The number of nitrogens with zero attached hydrogens (tertiary/aromatic N) is 2. The fourth-order valence-corrected chi connectivity index (χ4v) is 2.93. The Hall–Kier alpha value is -1.16. The maximum absolute atomic E-state index is 12.1. The minimum Gasteiger partial charge on any atom is -0.351 e. The molecule has 2 heterocycles. The van der Waals surface area contributed by atoms with Gasteiger partial charge in [0.25, 0.3) is 5.91 Å². The highest BCUT2D eigenvalue weighted by atomic mass is 16.1. The summed E-state index contributed by atoms with van der Waals surface area (Å²) in [5.74, 6) is 0.465. The molecule has 2 aliphatic heterocycles. The van der Waals surface area contributed by atoms with Crippen LogP contribution in [0.2, 0.25) is 0 Å². The number of nitrogens with one attached hydrogen (secondary N) is 1. The molecule has 0 radical (unpaired) electrons. The van der Waals surface area contributed by atoms with Gasteiger partial charge in [-0.05, 0) is 57.3 Å². The number of rotatable bonds is 6. The Morgan fingerprint density at radius 1 is 1.38 bits per heavy atom. The van der Waals surface area contributed by atoms with Crippen LogP contribution in [0.3, 0.4) is 0 Å². The van der Waals surface area contributed by atoms with E-state index in [1.807, 2.05) is 6.08 Å². The summed E-state index contributed by atoms with van der Waals surface area (Å²) in [5, 5.41) is 3.00. The molecule has 0 saturated carbocycles. The normalized spacial score (nSPS) is 23.2. The van der Waals surface area contributed by atoms with E-state index in [2.05, 4.69) is 35.1 Å². The minimum atomic E-state index is -0.0183. The number of hydrogen-bond donors (Lipinski definition) is 1. The number of amides is 1. The number of likely N-dealkylation sites (tertiary alicyclic amines) is 1. The third-order valence-electron chi connectivity index (χ3n) is 4.35. The first kappa shape index (κ1) is 16.2. The summed E-state index contributed by atoms with van der Waals surface area (Å²) in [7, 11) is 0. The van der Waals surface area contributed by atoms with Gasteiger partial charge in [0.05, 0.1) is 6.04 Å². The molecular weight excluding hydrogens is 262 g/mol. The summed E-state index contributed by atoms with van der Waals surface area (Å²) >= 11 is 0. The van der Waals surface area contributed by atoms with Crippen LogP contribution in [0.25, 0.3) is 0 Å². The van der Waals surface area contributed by atoms with Crippen molar-refractivity contribution in [3.8, 4) is 0 Å². The molecule has 2 rings (SSSR count). The zero-order valence-electron chi connectivity index (χ0n) is 13.5. The molecule has 0 spiro atoms. The quantitative estimate of drug-likeness (QED) is 0.764. The lowest BCUT2D eigenvalue weighted by Gasteiger charge is -2.26. The summed E-state index contributed by atoms with van der Waals surface area (Å²) < 4.78 is 0. The van der Waals surface area contributed by atoms with E-state index >= 15 is 0 Å². The highest BCUT2D eigenvalue weighted by molar-refractivity contribution is 6.43. The molecule has 1 N–H and O–H groups in total. The predicted molar refractivity (Wildman–Crippen MR) is 87.7 cm³/mol. The molecule has 4 heteroatoms. The molecule has 0 aromatic carbocycles. The SMILES string of the molecule is CC(C)C1CC=CC(C(=O)NCCCN2CCCCC2)=N1. The highest BCUT2D eigenvalue weighted by Gasteiger charge is 2.18.